The molecule has 138 valence electrons. The first kappa shape index (κ1) is 19.6. The van der Waals surface area contributed by atoms with Gasteiger partial charge in [-0.25, -0.2) is 4.98 Å². The van der Waals surface area contributed by atoms with Crippen molar-refractivity contribution in [3.05, 3.63) is 59.7 Å². The number of rotatable bonds is 8. The lowest BCUT2D eigenvalue weighted by Crippen LogP contribution is -2.36. The molecule has 2 rings (SSSR count). The van der Waals surface area contributed by atoms with Crippen LogP contribution >= 0.6 is 0 Å². The van der Waals surface area contributed by atoms with Crippen molar-refractivity contribution in [2.24, 2.45) is 0 Å². The van der Waals surface area contributed by atoms with Gasteiger partial charge in [-0.3, -0.25) is 14.6 Å². The Balaban J connectivity index is 1.92. The van der Waals surface area contributed by atoms with Gasteiger partial charge in [0.25, 0.3) is 5.91 Å². The molecule has 0 radical (unpaired) electrons. The fourth-order valence-corrected chi connectivity index (χ4v) is 2.63. The van der Waals surface area contributed by atoms with E-state index in [1.54, 1.807) is 11.1 Å². The number of hydrogen-bond acceptors (Lipinski definition) is 4. The van der Waals surface area contributed by atoms with Gasteiger partial charge in [0, 0.05) is 25.7 Å². The Morgan fingerprint density at radius 3 is 2.46 bits per heavy atom. The number of nitrogens with zero attached hydrogens (tertiary/aromatic N) is 3. The number of benzene rings is 1. The monoisotopic (exact) mass is 354 g/mol. The number of nitrogens with one attached hydrogen (secondary N) is 1. The van der Waals surface area contributed by atoms with Gasteiger partial charge >= 0.3 is 0 Å². The summed E-state index contributed by atoms with van der Waals surface area (Å²) >= 11 is 0. The number of hydrogen-bond donors (Lipinski definition) is 1. The molecule has 0 spiro atoms. The zero-order valence-electron chi connectivity index (χ0n) is 15.6. The molecule has 1 heterocycles. The van der Waals surface area contributed by atoms with Gasteiger partial charge < -0.3 is 10.2 Å². The summed E-state index contributed by atoms with van der Waals surface area (Å²) in [4.78, 5) is 34.8. The Kier molecular flexibility index (Phi) is 7.26. The highest BCUT2D eigenvalue weighted by atomic mass is 16.2. The summed E-state index contributed by atoms with van der Waals surface area (Å²) in [7, 11) is 0. The topological polar surface area (TPSA) is 75.2 Å². The minimum absolute atomic E-state index is 0.0676. The second-order valence-corrected chi connectivity index (χ2v) is 6.29. The molecule has 0 aliphatic rings. The van der Waals surface area contributed by atoms with Crippen LogP contribution in [0.25, 0.3) is 0 Å². The predicted octanol–water partition coefficient (Wildman–Crippen LogP) is 2.90. The summed E-state index contributed by atoms with van der Waals surface area (Å²) in [5.41, 5.74) is 2.12. The zero-order chi connectivity index (χ0) is 18.9. The van der Waals surface area contributed by atoms with E-state index in [1.807, 2.05) is 51.1 Å². The molecule has 2 aromatic rings. The Labute approximate surface area is 154 Å². The molecule has 26 heavy (non-hydrogen) atoms. The molecule has 0 fully saturated rings. The van der Waals surface area contributed by atoms with Gasteiger partial charge in [-0.1, -0.05) is 37.3 Å². The van der Waals surface area contributed by atoms with E-state index in [9.17, 15) is 9.59 Å². The van der Waals surface area contributed by atoms with Gasteiger partial charge in [0.15, 0.2) is 0 Å². The summed E-state index contributed by atoms with van der Waals surface area (Å²) in [6, 6.07) is 9.73. The second kappa shape index (κ2) is 9.65. The smallest absolute Gasteiger partial charge is 0.274 e. The first-order chi connectivity index (χ1) is 12.5. The van der Waals surface area contributed by atoms with E-state index in [1.165, 1.54) is 6.20 Å². The maximum Gasteiger partial charge on any atom is 0.274 e. The molecule has 0 aliphatic heterocycles. The van der Waals surface area contributed by atoms with Gasteiger partial charge in [-0.2, -0.15) is 0 Å². The maximum atomic E-state index is 12.6. The molecular weight excluding hydrogens is 328 g/mol. The molecule has 6 heteroatoms. The van der Waals surface area contributed by atoms with Crippen molar-refractivity contribution >= 4 is 11.8 Å². The number of aryl methyl sites for hydroxylation is 1. The fraction of sp³-hybridized carbons (Fsp3) is 0.400. The van der Waals surface area contributed by atoms with Crippen LogP contribution in [0, 0.1) is 6.92 Å². The van der Waals surface area contributed by atoms with E-state index in [-0.39, 0.29) is 24.3 Å². The van der Waals surface area contributed by atoms with Gasteiger partial charge in [0.1, 0.15) is 5.69 Å². The molecule has 1 aromatic heterocycles. The number of aromatic nitrogens is 2. The van der Waals surface area contributed by atoms with E-state index >= 15 is 0 Å². The SMILES string of the molecule is CCCN(CCC(=O)NC(C)c1ccccc1)C(=O)c1cnc(C)cn1. The lowest BCUT2D eigenvalue weighted by atomic mass is 10.1. The van der Waals surface area contributed by atoms with E-state index in [0.717, 1.165) is 17.7 Å². The van der Waals surface area contributed by atoms with E-state index in [0.29, 0.717) is 18.8 Å². The Hall–Kier alpha value is -2.76. The molecule has 0 saturated heterocycles. The minimum atomic E-state index is -0.191. The quantitative estimate of drug-likeness (QED) is 0.791. The van der Waals surface area contributed by atoms with E-state index in [2.05, 4.69) is 15.3 Å². The van der Waals surface area contributed by atoms with Gasteiger partial charge in [-0.05, 0) is 25.8 Å². The number of amides is 2. The van der Waals surface area contributed by atoms with Crippen LogP contribution < -0.4 is 5.32 Å². The highest BCUT2D eigenvalue weighted by Gasteiger charge is 2.18. The Bertz CT molecular complexity index is 716. The van der Waals surface area contributed by atoms with Gasteiger partial charge in [-0.15, -0.1) is 0 Å². The Morgan fingerprint density at radius 1 is 1.12 bits per heavy atom. The molecular formula is C20H26N4O2. The van der Waals surface area contributed by atoms with Crippen molar-refractivity contribution in [2.45, 2.75) is 39.7 Å². The van der Waals surface area contributed by atoms with Crippen LogP contribution in [0.3, 0.4) is 0 Å². The molecule has 6 nitrogen and oxygen atoms in total. The average molecular weight is 354 g/mol. The summed E-state index contributed by atoms with van der Waals surface area (Å²) in [6.07, 6.45) is 4.12. The number of carbonyl (C=O) groups excluding carboxylic acids is 2. The van der Waals surface area contributed by atoms with Crippen LogP contribution in [0.15, 0.2) is 42.7 Å². The molecule has 2 amide bonds. The van der Waals surface area contributed by atoms with Gasteiger partial charge in [0.2, 0.25) is 5.91 Å². The van der Waals surface area contributed by atoms with Crippen LogP contribution in [0.4, 0.5) is 0 Å². The Morgan fingerprint density at radius 2 is 1.85 bits per heavy atom. The molecule has 1 N–H and O–H groups in total. The van der Waals surface area contributed by atoms with Crippen molar-refractivity contribution in [3.63, 3.8) is 0 Å². The summed E-state index contributed by atoms with van der Waals surface area (Å²) in [5, 5.41) is 2.97. The third-order valence-electron chi connectivity index (χ3n) is 4.07. The van der Waals surface area contributed by atoms with Crippen molar-refractivity contribution < 1.29 is 9.59 Å². The molecule has 0 aliphatic carbocycles. The summed E-state index contributed by atoms with van der Waals surface area (Å²) < 4.78 is 0. The van der Waals surface area contributed by atoms with Crippen molar-refractivity contribution in [2.75, 3.05) is 13.1 Å². The lowest BCUT2D eigenvalue weighted by Gasteiger charge is -2.22. The molecule has 0 saturated carbocycles. The molecule has 0 bridgehead atoms. The van der Waals surface area contributed by atoms with Crippen LogP contribution in [0.2, 0.25) is 0 Å². The minimum Gasteiger partial charge on any atom is -0.350 e. The van der Waals surface area contributed by atoms with Crippen LogP contribution in [0.5, 0.6) is 0 Å². The van der Waals surface area contributed by atoms with Crippen molar-refractivity contribution in [1.29, 1.82) is 0 Å². The third-order valence-corrected chi connectivity index (χ3v) is 4.07. The zero-order valence-corrected chi connectivity index (χ0v) is 15.6. The number of carbonyl (C=O) groups is 2. The standard InChI is InChI=1S/C20H26N4O2/c1-4-11-24(20(26)18-14-21-15(2)13-22-18)12-10-19(25)23-16(3)17-8-6-5-7-9-17/h5-9,13-14,16H,4,10-12H2,1-3H3,(H,23,25). The average Bonchev–Trinajstić information content (AvgIpc) is 2.66. The lowest BCUT2D eigenvalue weighted by molar-refractivity contribution is -0.121. The normalized spacial score (nSPS) is 11.7. The van der Waals surface area contributed by atoms with Crippen LogP contribution in [0.1, 0.15) is 54.5 Å². The van der Waals surface area contributed by atoms with Crippen LogP contribution in [-0.2, 0) is 4.79 Å². The fourth-order valence-electron chi connectivity index (χ4n) is 2.63. The summed E-state index contributed by atoms with van der Waals surface area (Å²) in [6.45, 7) is 6.71. The van der Waals surface area contributed by atoms with Gasteiger partial charge in [0.05, 0.1) is 17.9 Å². The molecule has 1 aromatic carbocycles. The predicted molar refractivity (Wildman–Crippen MR) is 101 cm³/mol. The first-order valence-electron chi connectivity index (χ1n) is 8.93. The highest BCUT2D eigenvalue weighted by molar-refractivity contribution is 5.92. The third kappa shape index (κ3) is 5.65. The molecule has 1 unspecified atom stereocenters. The molecule has 1 atom stereocenters. The maximum absolute atomic E-state index is 12.6. The van der Waals surface area contributed by atoms with E-state index < -0.39 is 0 Å². The first-order valence-corrected chi connectivity index (χ1v) is 8.93. The van der Waals surface area contributed by atoms with Crippen molar-refractivity contribution in [3.8, 4) is 0 Å². The largest absolute Gasteiger partial charge is 0.350 e. The van der Waals surface area contributed by atoms with Crippen molar-refractivity contribution in [1.82, 2.24) is 20.2 Å². The summed E-state index contributed by atoms with van der Waals surface area (Å²) in [5.74, 6) is -0.270. The highest BCUT2D eigenvalue weighted by Crippen LogP contribution is 2.11. The second-order valence-electron chi connectivity index (χ2n) is 6.29. The van der Waals surface area contributed by atoms with E-state index in [4.69, 9.17) is 0 Å². The van der Waals surface area contributed by atoms with Crippen LogP contribution in [-0.4, -0.2) is 39.8 Å².